The highest BCUT2D eigenvalue weighted by Gasteiger charge is 2.27. The molecule has 8 heteroatoms. The van der Waals surface area contributed by atoms with Crippen LogP contribution >= 0.6 is 11.6 Å². The summed E-state index contributed by atoms with van der Waals surface area (Å²) in [5, 5.41) is 8.74. The molecule has 3 rings (SSSR count). The molecular weight excluding hydrogens is 398 g/mol. The maximum atomic E-state index is 12.3. The Kier molecular flexibility index (Phi) is 6.72. The van der Waals surface area contributed by atoms with Gasteiger partial charge in [-0.25, -0.2) is 13.6 Å². The number of nitrogens with two attached hydrogens (primary N) is 1. The third-order valence-corrected chi connectivity index (χ3v) is 6.13. The summed E-state index contributed by atoms with van der Waals surface area (Å²) >= 11 is 5.96. The third-order valence-electron chi connectivity index (χ3n) is 4.95. The van der Waals surface area contributed by atoms with E-state index >= 15 is 0 Å². The van der Waals surface area contributed by atoms with Crippen LogP contribution in [0.15, 0.2) is 53.4 Å². The Morgan fingerprint density at radius 2 is 1.82 bits per heavy atom. The molecule has 0 saturated carbocycles. The first-order valence-electron chi connectivity index (χ1n) is 9.21. The summed E-state index contributed by atoms with van der Waals surface area (Å²) in [6.07, 6.45) is 2.72. The molecule has 2 aromatic rings. The number of halogens is 1. The molecule has 3 N–H and O–H groups in total. The lowest BCUT2D eigenvalue weighted by Crippen LogP contribution is -2.37. The van der Waals surface area contributed by atoms with E-state index in [1.165, 1.54) is 17.7 Å². The average Bonchev–Trinajstić information content (AvgIpc) is 3.10. The molecule has 6 nitrogen and oxygen atoms in total. The van der Waals surface area contributed by atoms with Gasteiger partial charge in [-0.3, -0.25) is 9.69 Å². The summed E-state index contributed by atoms with van der Waals surface area (Å²) in [7, 11) is -3.68. The maximum absolute atomic E-state index is 12.3. The molecular formula is C20H24ClN3O3S. The number of benzene rings is 2. The zero-order valence-electron chi connectivity index (χ0n) is 15.5. The van der Waals surface area contributed by atoms with Gasteiger partial charge in [0.1, 0.15) is 0 Å². The number of hydrogen-bond acceptors (Lipinski definition) is 4. The standard InChI is InChI=1S/C20H24ClN3O3S/c21-17-7-5-16(6-8-17)19-2-1-13-24(19)14-20(25)23-12-11-15-3-9-18(10-4-15)28(22,26)27/h3-10,19H,1-2,11-14H2,(H,23,25)(H2,22,26,27). The van der Waals surface area contributed by atoms with E-state index in [0.29, 0.717) is 24.5 Å². The quantitative estimate of drug-likeness (QED) is 0.718. The normalized spacial score (nSPS) is 17.6. The van der Waals surface area contributed by atoms with Gasteiger partial charge >= 0.3 is 0 Å². The van der Waals surface area contributed by atoms with Gasteiger partial charge in [0.15, 0.2) is 0 Å². The van der Waals surface area contributed by atoms with Crippen LogP contribution in [0, 0.1) is 0 Å². The molecule has 1 fully saturated rings. The topological polar surface area (TPSA) is 92.5 Å². The van der Waals surface area contributed by atoms with Crippen LogP contribution in [0.5, 0.6) is 0 Å². The zero-order chi connectivity index (χ0) is 20.1. The van der Waals surface area contributed by atoms with Crippen molar-refractivity contribution in [2.24, 2.45) is 5.14 Å². The zero-order valence-corrected chi connectivity index (χ0v) is 17.0. The van der Waals surface area contributed by atoms with Crippen molar-refractivity contribution in [2.75, 3.05) is 19.6 Å². The van der Waals surface area contributed by atoms with E-state index < -0.39 is 10.0 Å². The number of sulfonamides is 1. The lowest BCUT2D eigenvalue weighted by atomic mass is 10.0. The van der Waals surface area contributed by atoms with E-state index in [-0.39, 0.29) is 16.8 Å². The van der Waals surface area contributed by atoms with Crippen LogP contribution in [0.25, 0.3) is 0 Å². The molecule has 2 aromatic carbocycles. The Morgan fingerprint density at radius 3 is 2.46 bits per heavy atom. The summed E-state index contributed by atoms with van der Waals surface area (Å²) in [5.41, 5.74) is 2.12. The Balaban J connectivity index is 1.48. The minimum Gasteiger partial charge on any atom is -0.355 e. The first kappa shape index (κ1) is 20.8. The summed E-state index contributed by atoms with van der Waals surface area (Å²) in [6, 6.07) is 14.4. The molecule has 1 aliphatic heterocycles. The number of hydrogen-bond donors (Lipinski definition) is 2. The molecule has 1 unspecified atom stereocenters. The van der Waals surface area contributed by atoms with Gasteiger partial charge in [-0.05, 0) is 61.2 Å². The van der Waals surface area contributed by atoms with Gasteiger partial charge in [0, 0.05) is 17.6 Å². The summed E-state index contributed by atoms with van der Waals surface area (Å²) in [5.74, 6) is -0.0120. The van der Waals surface area contributed by atoms with Gasteiger partial charge in [-0.2, -0.15) is 0 Å². The summed E-state index contributed by atoms with van der Waals surface area (Å²) < 4.78 is 22.5. The van der Waals surface area contributed by atoms with Gasteiger partial charge in [0.25, 0.3) is 0 Å². The highest BCUT2D eigenvalue weighted by molar-refractivity contribution is 7.89. The van der Waals surface area contributed by atoms with E-state index in [2.05, 4.69) is 10.2 Å². The lowest BCUT2D eigenvalue weighted by molar-refractivity contribution is -0.122. The Bertz CT molecular complexity index is 915. The lowest BCUT2D eigenvalue weighted by Gasteiger charge is -2.24. The summed E-state index contributed by atoms with van der Waals surface area (Å²) in [4.78, 5) is 14.6. The van der Waals surface area contributed by atoms with Crippen LogP contribution in [0.2, 0.25) is 5.02 Å². The van der Waals surface area contributed by atoms with Crippen LogP contribution in [-0.2, 0) is 21.2 Å². The molecule has 1 saturated heterocycles. The number of rotatable bonds is 7. The van der Waals surface area contributed by atoms with Crippen LogP contribution < -0.4 is 10.5 Å². The van der Waals surface area contributed by atoms with Crippen LogP contribution in [-0.4, -0.2) is 38.9 Å². The monoisotopic (exact) mass is 421 g/mol. The fourth-order valence-corrected chi connectivity index (χ4v) is 4.15. The van der Waals surface area contributed by atoms with Gasteiger partial charge in [0.2, 0.25) is 15.9 Å². The molecule has 0 aliphatic carbocycles. The predicted molar refractivity (Wildman–Crippen MR) is 110 cm³/mol. The smallest absolute Gasteiger partial charge is 0.238 e. The fourth-order valence-electron chi connectivity index (χ4n) is 3.51. The van der Waals surface area contributed by atoms with Gasteiger partial charge in [-0.1, -0.05) is 35.9 Å². The second-order valence-electron chi connectivity index (χ2n) is 6.97. The van der Waals surface area contributed by atoms with Crippen molar-refractivity contribution in [3.8, 4) is 0 Å². The Labute approximate surface area is 170 Å². The van der Waals surface area contributed by atoms with Gasteiger partial charge in [-0.15, -0.1) is 0 Å². The van der Waals surface area contributed by atoms with Crippen molar-refractivity contribution >= 4 is 27.5 Å². The van der Waals surface area contributed by atoms with Crippen molar-refractivity contribution < 1.29 is 13.2 Å². The number of likely N-dealkylation sites (tertiary alicyclic amines) is 1. The van der Waals surface area contributed by atoms with Gasteiger partial charge in [0.05, 0.1) is 11.4 Å². The number of carbonyl (C=O) groups excluding carboxylic acids is 1. The molecule has 0 aromatic heterocycles. The predicted octanol–water partition coefficient (Wildman–Crippen LogP) is 2.48. The van der Waals surface area contributed by atoms with Crippen LogP contribution in [0.1, 0.15) is 30.0 Å². The van der Waals surface area contributed by atoms with Crippen molar-refractivity contribution in [3.63, 3.8) is 0 Å². The molecule has 0 bridgehead atoms. The van der Waals surface area contributed by atoms with E-state index in [9.17, 15) is 13.2 Å². The van der Waals surface area contributed by atoms with Crippen LogP contribution in [0.3, 0.4) is 0 Å². The van der Waals surface area contributed by atoms with E-state index in [1.54, 1.807) is 12.1 Å². The van der Waals surface area contributed by atoms with Crippen LogP contribution in [0.4, 0.5) is 0 Å². The molecule has 150 valence electrons. The minimum absolute atomic E-state index is 0.0120. The third kappa shape index (κ3) is 5.54. The van der Waals surface area contributed by atoms with E-state index in [0.717, 1.165) is 24.9 Å². The van der Waals surface area contributed by atoms with E-state index in [4.69, 9.17) is 16.7 Å². The van der Waals surface area contributed by atoms with E-state index in [1.807, 2.05) is 24.3 Å². The molecule has 0 spiro atoms. The number of amides is 1. The number of nitrogens with one attached hydrogen (secondary N) is 1. The molecule has 1 amide bonds. The first-order valence-corrected chi connectivity index (χ1v) is 11.1. The van der Waals surface area contributed by atoms with Gasteiger partial charge < -0.3 is 5.32 Å². The highest BCUT2D eigenvalue weighted by Crippen LogP contribution is 2.32. The molecule has 0 radical (unpaired) electrons. The molecule has 1 aliphatic rings. The second kappa shape index (κ2) is 9.05. The molecule has 1 heterocycles. The van der Waals surface area contributed by atoms with Crippen molar-refractivity contribution in [1.82, 2.24) is 10.2 Å². The summed E-state index contributed by atoms with van der Waals surface area (Å²) in [6.45, 7) is 1.75. The number of primary sulfonamides is 1. The maximum Gasteiger partial charge on any atom is 0.238 e. The number of nitrogens with zero attached hydrogens (tertiary/aromatic N) is 1. The average molecular weight is 422 g/mol. The SMILES string of the molecule is NS(=O)(=O)c1ccc(CCNC(=O)CN2CCCC2c2ccc(Cl)cc2)cc1. The fraction of sp³-hybridized carbons (Fsp3) is 0.350. The molecule has 1 atom stereocenters. The van der Waals surface area contributed by atoms with Crippen molar-refractivity contribution in [1.29, 1.82) is 0 Å². The largest absolute Gasteiger partial charge is 0.355 e. The Hall–Kier alpha value is -1.93. The number of carbonyl (C=O) groups is 1. The highest BCUT2D eigenvalue weighted by atomic mass is 35.5. The molecule has 28 heavy (non-hydrogen) atoms. The first-order chi connectivity index (χ1) is 13.3. The van der Waals surface area contributed by atoms with Crippen molar-refractivity contribution in [3.05, 3.63) is 64.7 Å². The minimum atomic E-state index is -3.68. The Morgan fingerprint density at radius 1 is 1.14 bits per heavy atom. The second-order valence-corrected chi connectivity index (χ2v) is 8.97. The van der Waals surface area contributed by atoms with Crippen molar-refractivity contribution in [2.45, 2.75) is 30.2 Å².